The molecule has 1 aromatic rings. The number of amides is 1. The van der Waals surface area contributed by atoms with Gasteiger partial charge in [-0.2, -0.15) is 0 Å². The summed E-state index contributed by atoms with van der Waals surface area (Å²) in [5.41, 5.74) is 10.8. The SMILES string of the molecule is Cc1cnc(SCC(C)(N)C(N)=O)nc1. The molecule has 4 N–H and O–H groups in total. The molecule has 0 fully saturated rings. The van der Waals surface area contributed by atoms with Crippen molar-refractivity contribution in [1.29, 1.82) is 0 Å². The lowest BCUT2D eigenvalue weighted by Gasteiger charge is -2.18. The second-order valence-corrected chi connectivity index (χ2v) is 4.56. The topological polar surface area (TPSA) is 94.9 Å². The van der Waals surface area contributed by atoms with E-state index in [1.54, 1.807) is 19.3 Å². The Bertz CT molecular complexity index is 350. The fourth-order valence-corrected chi connectivity index (χ4v) is 1.57. The Balaban J connectivity index is 2.57. The molecule has 0 spiro atoms. The van der Waals surface area contributed by atoms with Gasteiger partial charge in [0.1, 0.15) is 5.54 Å². The molecule has 1 unspecified atom stereocenters. The van der Waals surface area contributed by atoms with Crippen molar-refractivity contribution in [1.82, 2.24) is 9.97 Å². The molecule has 1 aromatic heterocycles. The Kier molecular flexibility index (Phi) is 3.65. The summed E-state index contributed by atoms with van der Waals surface area (Å²) in [7, 11) is 0. The maximum absolute atomic E-state index is 10.9. The predicted octanol–water partition coefficient (Wildman–Crippen LogP) is 0.0798. The van der Waals surface area contributed by atoms with Gasteiger partial charge in [0.25, 0.3) is 0 Å². The number of carbonyl (C=O) groups excluding carboxylic acids is 1. The molecule has 0 saturated carbocycles. The van der Waals surface area contributed by atoms with Gasteiger partial charge in [0.05, 0.1) is 0 Å². The van der Waals surface area contributed by atoms with Gasteiger partial charge in [0.2, 0.25) is 5.91 Å². The van der Waals surface area contributed by atoms with E-state index in [-0.39, 0.29) is 0 Å². The number of thioether (sulfide) groups is 1. The first-order valence-electron chi connectivity index (χ1n) is 4.42. The second kappa shape index (κ2) is 4.59. The zero-order valence-corrected chi connectivity index (χ0v) is 9.54. The molecular formula is C9H14N4OS. The van der Waals surface area contributed by atoms with Crippen LogP contribution in [-0.2, 0) is 4.79 Å². The monoisotopic (exact) mass is 226 g/mol. The first kappa shape index (κ1) is 11.9. The highest BCUT2D eigenvalue weighted by Crippen LogP contribution is 2.17. The molecule has 1 rings (SSSR count). The first-order chi connectivity index (χ1) is 6.92. The number of aromatic nitrogens is 2. The Labute approximate surface area is 92.7 Å². The van der Waals surface area contributed by atoms with E-state index in [1.807, 2.05) is 6.92 Å². The molecule has 0 bridgehead atoms. The highest BCUT2D eigenvalue weighted by Gasteiger charge is 2.26. The quantitative estimate of drug-likeness (QED) is 0.560. The number of rotatable bonds is 4. The lowest BCUT2D eigenvalue weighted by molar-refractivity contribution is -0.121. The van der Waals surface area contributed by atoms with Crippen molar-refractivity contribution in [3.63, 3.8) is 0 Å². The van der Waals surface area contributed by atoms with E-state index in [2.05, 4.69) is 9.97 Å². The fourth-order valence-electron chi connectivity index (χ4n) is 0.741. The fraction of sp³-hybridized carbons (Fsp3) is 0.444. The second-order valence-electron chi connectivity index (χ2n) is 3.61. The van der Waals surface area contributed by atoms with Crippen LogP contribution in [0.1, 0.15) is 12.5 Å². The summed E-state index contributed by atoms with van der Waals surface area (Å²) in [6.45, 7) is 3.50. The van der Waals surface area contributed by atoms with Crippen molar-refractivity contribution >= 4 is 17.7 Å². The van der Waals surface area contributed by atoms with Crippen LogP contribution in [-0.4, -0.2) is 27.2 Å². The molecule has 6 heteroatoms. The normalized spacial score (nSPS) is 14.6. The number of aryl methyl sites for hydroxylation is 1. The van der Waals surface area contributed by atoms with Crippen LogP contribution < -0.4 is 11.5 Å². The first-order valence-corrected chi connectivity index (χ1v) is 5.40. The van der Waals surface area contributed by atoms with E-state index in [9.17, 15) is 4.79 Å². The zero-order chi connectivity index (χ0) is 11.5. The third-order valence-corrected chi connectivity index (χ3v) is 3.03. The minimum Gasteiger partial charge on any atom is -0.368 e. The van der Waals surface area contributed by atoms with Crippen molar-refractivity contribution in [3.05, 3.63) is 18.0 Å². The Morgan fingerprint density at radius 1 is 1.53 bits per heavy atom. The van der Waals surface area contributed by atoms with Crippen LogP contribution in [0, 0.1) is 6.92 Å². The van der Waals surface area contributed by atoms with Gasteiger partial charge < -0.3 is 11.5 Å². The van der Waals surface area contributed by atoms with Crippen molar-refractivity contribution in [3.8, 4) is 0 Å². The minimum atomic E-state index is -1.03. The van der Waals surface area contributed by atoms with Crippen LogP contribution in [0.4, 0.5) is 0 Å². The maximum Gasteiger partial charge on any atom is 0.238 e. The van der Waals surface area contributed by atoms with Crippen LogP contribution >= 0.6 is 11.8 Å². The number of primary amides is 1. The maximum atomic E-state index is 10.9. The lowest BCUT2D eigenvalue weighted by Crippen LogP contribution is -2.51. The van der Waals surface area contributed by atoms with Gasteiger partial charge in [0, 0.05) is 18.1 Å². The van der Waals surface area contributed by atoms with Crippen LogP contribution in [0.15, 0.2) is 17.6 Å². The average Bonchev–Trinajstić information content (AvgIpc) is 2.17. The summed E-state index contributed by atoms with van der Waals surface area (Å²) < 4.78 is 0. The van der Waals surface area contributed by atoms with Crippen LogP contribution in [0.3, 0.4) is 0 Å². The van der Waals surface area contributed by atoms with Gasteiger partial charge in [-0.3, -0.25) is 4.79 Å². The summed E-state index contributed by atoms with van der Waals surface area (Å²) in [6.07, 6.45) is 3.43. The summed E-state index contributed by atoms with van der Waals surface area (Å²) in [5.74, 6) is -0.159. The number of hydrogen-bond donors (Lipinski definition) is 2. The van der Waals surface area contributed by atoms with Gasteiger partial charge in [-0.25, -0.2) is 9.97 Å². The van der Waals surface area contributed by atoms with E-state index in [0.29, 0.717) is 10.9 Å². The summed E-state index contributed by atoms with van der Waals surface area (Å²) >= 11 is 1.32. The molecule has 0 aliphatic heterocycles. The van der Waals surface area contributed by atoms with Crippen molar-refractivity contribution < 1.29 is 4.79 Å². The van der Waals surface area contributed by atoms with E-state index in [1.165, 1.54) is 11.8 Å². The largest absolute Gasteiger partial charge is 0.368 e. The van der Waals surface area contributed by atoms with Gasteiger partial charge >= 0.3 is 0 Å². The number of nitrogens with two attached hydrogens (primary N) is 2. The molecule has 0 aliphatic carbocycles. The molecule has 0 aromatic carbocycles. The van der Waals surface area contributed by atoms with Gasteiger partial charge in [-0.15, -0.1) is 0 Å². The number of hydrogen-bond acceptors (Lipinski definition) is 5. The number of carbonyl (C=O) groups is 1. The lowest BCUT2D eigenvalue weighted by atomic mass is 10.1. The average molecular weight is 226 g/mol. The molecule has 1 atom stereocenters. The molecule has 5 nitrogen and oxygen atoms in total. The predicted molar refractivity (Wildman–Crippen MR) is 59.3 cm³/mol. The van der Waals surface area contributed by atoms with E-state index < -0.39 is 11.4 Å². The molecule has 82 valence electrons. The van der Waals surface area contributed by atoms with Crippen molar-refractivity contribution in [2.45, 2.75) is 24.5 Å². The summed E-state index contributed by atoms with van der Waals surface area (Å²) in [4.78, 5) is 19.1. The molecule has 0 radical (unpaired) electrons. The van der Waals surface area contributed by atoms with Crippen LogP contribution in [0.5, 0.6) is 0 Å². The standard InChI is InChI=1S/C9H14N4OS/c1-6-3-12-8(13-4-6)15-5-9(2,11)7(10)14/h3-4H,5,11H2,1-2H3,(H2,10,14). The zero-order valence-electron chi connectivity index (χ0n) is 8.73. The van der Waals surface area contributed by atoms with Crippen LogP contribution in [0.2, 0.25) is 0 Å². The molecule has 1 amide bonds. The third kappa shape index (κ3) is 3.49. The van der Waals surface area contributed by atoms with Gasteiger partial charge in [-0.05, 0) is 19.4 Å². The van der Waals surface area contributed by atoms with Crippen molar-refractivity contribution in [2.75, 3.05) is 5.75 Å². The molecular weight excluding hydrogens is 212 g/mol. The van der Waals surface area contributed by atoms with Gasteiger partial charge in [0.15, 0.2) is 5.16 Å². The molecule has 0 saturated heterocycles. The molecule has 15 heavy (non-hydrogen) atoms. The van der Waals surface area contributed by atoms with Crippen molar-refractivity contribution in [2.24, 2.45) is 11.5 Å². The summed E-state index contributed by atoms with van der Waals surface area (Å²) in [6, 6.07) is 0. The highest BCUT2D eigenvalue weighted by molar-refractivity contribution is 7.99. The van der Waals surface area contributed by atoms with Gasteiger partial charge in [-0.1, -0.05) is 11.8 Å². The molecule has 1 heterocycles. The minimum absolute atomic E-state index is 0.366. The highest BCUT2D eigenvalue weighted by atomic mass is 32.2. The van der Waals surface area contributed by atoms with Crippen LogP contribution in [0.25, 0.3) is 0 Å². The third-order valence-electron chi connectivity index (χ3n) is 1.82. The summed E-state index contributed by atoms with van der Waals surface area (Å²) in [5, 5.41) is 0.596. The van der Waals surface area contributed by atoms with E-state index >= 15 is 0 Å². The Morgan fingerprint density at radius 3 is 2.53 bits per heavy atom. The van der Waals surface area contributed by atoms with E-state index in [0.717, 1.165) is 5.56 Å². The number of nitrogens with zero attached hydrogens (tertiary/aromatic N) is 2. The molecule has 0 aliphatic rings. The smallest absolute Gasteiger partial charge is 0.238 e. The Morgan fingerprint density at radius 2 is 2.07 bits per heavy atom. The van der Waals surface area contributed by atoms with E-state index in [4.69, 9.17) is 11.5 Å². The Hall–Kier alpha value is -1.14.